The van der Waals surface area contributed by atoms with Gasteiger partial charge in [-0.25, -0.2) is 0 Å². The van der Waals surface area contributed by atoms with Crippen LogP contribution in [0.3, 0.4) is 0 Å². The molecule has 0 aliphatic heterocycles. The molecule has 0 saturated carbocycles. The molecule has 2 aromatic rings. The fourth-order valence-corrected chi connectivity index (χ4v) is 2.33. The van der Waals surface area contributed by atoms with Crippen LogP contribution in [-0.2, 0) is 0 Å². The molecule has 3 N–H and O–H groups in total. The van der Waals surface area contributed by atoms with E-state index >= 15 is 0 Å². The van der Waals surface area contributed by atoms with Crippen LogP contribution in [0.15, 0.2) is 46.0 Å². The van der Waals surface area contributed by atoms with E-state index in [9.17, 15) is 0 Å². The molecule has 104 valence electrons. The van der Waals surface area contributed by atoms with Crippen molar-refractivity contribution in [3.05, 3.63) is 57.6 Å². The molecule has 5 heteroatoms. The summed E-state index contributed by atoms with van der Waals surface area (Å²) in [5, 5.41) is 11.7. The smallest absolute Gasteiger partial charge is 0.171 e. The predicted molar refractivity (Wildman–Crippen MR) is 82.6 cm³/mol. The van der Waals surface area contributed by atoms with Gasteiger partial charge in [-0.1, -0.05) is 17.3 Å². The Kier molecular flexibility index (Phi) is 4.29. The molecule has 0 aliphatic rings. The van der Waals surface area contributed by atoms with Crippen molar-refractivity contribution in [3.8, 4) is 11.5 Å². The van der Waals surface area contributed by atoms with E-state index in [0.717, 1.165) is 16.9 Å². The average molecular weight is 335 g/mol. The van der Waals surface area contributed by atoms with Gasteiger partial charge in [0, 0.05) is 10.0 Å². The van der Waals surface area contributed by atoms with Gasteiger partial charge in [0.2, 0.25) is 0 Å². The van der Waals surface area contributed by atoms with Crippen molar-refractivity contribution in [1.82, 2.24) is 0 Å². The Morgan fingerprint density at radius 2 is 1.95 bits per heavy atom. The minimum atomic E-state index is 0.0511. The number of nitrogens with zero attached hydrogens (tertiary/aromatic N) is 1. The second-order valence-electron chi connectivity index (χ2n) is 4.50. The van der Waals surface area contributed by atoms with Crippen LogP contribution in [0.5, 0.6) is 11.5 Å². The Bertz CT molecular complexity index is 669. The molecule has 2 rings (SSSR count). The van der Waals surface area contributed by atoms with Gasteiger partial charge in [0.15, 0.2) is 5.84 Å². The summed E-state index contributed by atoms with van der Waals surface area (Å²) < 4.78 is 6.57. The third-order valence-electron chi connectivity index (χ3n) is 2.90. The number of rotatable bonds is 3. The number of nitrogens with two attached hydrogens (primary N) is 1. The number of hydrogen-bond acceptors (Lipinski definition) is 3. The Balaban J connectivity index is 2.31. The lowest BCUT2D eigenvalue weighted by atomic mass is 10.1. The van der Waals surface area contributed by atoms with E-state index in [2.05, 4.69) is 21.1 Å². The Hall–Kier alpha value is -2.01. The van der Waals surface area contributed by atoms with Crippen molar-refractivity contribution in [2.24, 2.45) is 10.9 Å². The molecule has 0 saturated heterocycles. The maximum atomic E-state index is 8.69. The van der Waals surface area contributed by atoms with Gasteiger partial charge < -0.3 is 15.7 Å². The number of benzene rings is 2. The summed E-state index contributed by atoms with van der Waals surface area (Å²) >= 11 is 3.38. The highest BCUT2D eigenvalue weighted by Gasteiger charge is 2.08. The number of amidine groups is 1. The number of halogens is 1. The first-order chi connectivity index (χ1) is 9.51. The molecule has 0 atom stereocenters. The van der Waals surface area contributed by atoms with Crippen LogP contribution in [-0.4, -0.2) is 11.0 Å². The van der Waals surface area contributed by atoms with E-state index in [1.165, 1.54) is 0 Å². The van der Waals surface area contributed by atoms with Crippen LogP contribution in [0.25, 0.3) is 0 Å². The highest BCUT2D eigenvalue weighted by Crippen LogP contribution is 2.29. The second-order valence-corrected chi connectivity index (χ2v) is 5.35. The van der Waals surface area contributed by atoms with Gasteiger partial charge in [-0.05, 0) is 65.2 Å². The Morgan fingerprint density at radius 3 is 2.60 bits per heavy atom. The van der Waals surface area contributed by atoms with E-state index in [1.807, 2.05) is 32.0 Å². The third-order valence-corrected chi connectivity index (χ3v) is 3.55. The van der Waals surface area contributed by atoms with Crippen molar-refractivity contribution in [1.29, 1.82) is 0 Å². The number of aryl methyl sites for hydroxylation is 2. The summed E-state index contributed by atoms with van der Waals surface area (Å²) in [5.41, 5.74) is 8.38. The number of ether oxygens (including phenoxy) is 1. The molecule has 0 fully saturated rings. The standard InChI is InChI=1S/C15H15BrN2O2/c1-9-3-4-10(2)14(7-9)20-11-5-6-12(13(16)8-11)15(17)18-19/h3-8,19H,1-2H3,(H2,17,18). The fraction of sp³-hybridized carbons (Fsp3) is 0.133. The number of hydrogen-bond donors (Lipinski definition) is 2. The van der Waals surface area contributed by atoms with E-state index in [-0.39, 0.29) is 5.84 Å². The second kappa shape index (κ2) is 5.96. The summed E-state index contributed by atoms with van der Waals surface area (Å²) in [6, 6.07) is 11.3. The highest BCUT2D eigenvalue weighted by molar-refractivity contribution is 9.10. The molecule has 20 heavy (non-hydrogen) atoms. The molecule has 0 spiro atoms. The quantitative estimate of drug-likeness (QED) is 0.386. The maximum absolute atomic E-state index is 8.69. The van der Waals surface area contributed by atoms with Crippen molar-refractivity contribution in [2.75, 3.05) is 0 Å². The van der Waals surface area contributed by atoms with Gasteiger partial charge in [-0.15, -0.1) is 0 Å². The molecular formula is C15H15BrN2O2. The van der Waals surface area contributed by atoms with Gasteiger partial charge in [-0.3, -0.25) is 0 Å². The zero-order valence-corrected chi connectivity index (χ0v) is 12.8. The van der Waals surface area contributed by atoms with Gasteiger partial charge in [0.1, 0.15) is 11.5 Å². The molecule has 0 aromatic heterocycles. The first-order valence-electron chi connectivity index (χ1n) is 6.04. The molecule has 2 aromatic carbocycles. The zero-order chi connectivity index (χ0) is 14.7. The SMILES string of the molecule is Cc1ccc(C)c(Oc2ccc(/C(N)=N/O)c(Br)c2)c1. The fourth-order valence-electron chi connectivity index (χ4n) is 1.77. The minimum Gasteiger partial charge on any atom is -0.457 e. The Labute approximate surface area is 126 Å². The minimum absolute atomic E-state index is 0.0511. The van der Waals surface area contributed by atoms with E-state index in [4.69, 9.17) is 15.7 Å². The van der Waals surface area contributed by atoms with E-state index in [1.54, 1.807) is 18.2 Å². The maximum Gasteiger partial charge on any atom is 0.171 e. The molecule has 4 nitrogen and oxygen atoms in total. The summed E-state index contributed by atoms with van der Waals surface area (Å²) in [7, 11) is 0. The van der Waals surface area contributed by atoms with Gasteiger partial charge in [-0.2, -0.15) is 0 Å². The lowest BCUT2D eigenvalue weighted by Gasteiger charge is -2.11. The monoisotopic (exact) mass is 334 g/mol. The van der Waals surface area contributed by atoms with Crippen molar-refractivity contribution < 1.29 is 9.94 Å². The molecular weight excluding hydrogens is 320 g/mol. The third kappa shape index (κ3) is 3.11. The van der Waals surface area contributed by atoms with Crippen LogP contribution in [0, 0.1) is 13.8 Å². The summed E-state index contributed by atoms with van der Waals surface area (Å²) in [5.74, 6) is 1.55. The summed E-state index contributed by atoms with van der Waals surface area (Å²) in [6.07, 6.45) is 0. The highest BCUT2D eigenvalue weighted by atomic mass is 79.9. The van der Waals surface area contributed by atoms with Crippen molar-refractivity contribution in [2.45, 2.75) is 13.8 Å². The molecule has 0 heterocycles. The predicted octanol–water partition coefficient (Wildman–Crippen LogP) is 3.95. The van der Waals surface area contributed by atoms with Crippen molar-refractivity contribution in [3.63, 3.8) is 0 Å². The first-order valence-corrected chi connectivity index (χ1v) is 6.83. The van der Waals surface area contributed by atoms with Crippen LogP contribution in [0.4, 0.5) is 0 Å². The number of oxime groups is 1. The molecule has 0 bridgehead atoms. The lowest BCUT2D eigenvalue weighted by molar-refractivity contribution is 0.318. The van der Waals surface area contributed by atoms with Gasteiger partial charge in [0.25, 0.3) is 0 Å². The zero-order valence-electron chi connectivity index (χ0n) is 11.2. The van der Waals surface area contributed by atoms with Gasteiger partial charge in [0.05, 0.1) is 0 Å². The first kappa shape index (κ1) is 14.4. The van der Waals surface area contributed by atoms with Crippen LogP contribution >= 0.6 is 15.9 Å². The topological polar surface area (TPSA) is 67.8 Å². The van der Waals surface area contributed by atoms with E-state index < -0.39 is 0 Å². The molecule has 0 aliphatic carbocycles. The summed E-state index contributed by atoms with van der Waals surface area (Å²) in [4.78, 5) is 0. The Morgan fingerprint density at radius 1 is 1.20 bits per heavy atom. The average Bonchev–Trinajstić information content (AvgIpc) is 2.42. The van der Waals surface area contributed by atoms with Crippen LogP contribution in [0.2, 0.25) is 0 Å². The van der Waals surface area contributed by atoms with Crippen molar-refractivity contribution >= 4 is 21.8 Å². The normalized spacial score (nSPS) is 11.4. The largest absolute Gasteiger partial charge is 0.457 e. The lowest BCUT2D eigenvalue weighted by Crippen LogP contribution is -2.13. The van der Waals surface area contributed by atoms with Crippen LogP contribution < -0.4 is 10.5 Å². The molecule has 0 unspecified atom stereocenters. The van der Waals surface area contributed by atoms with Gasteiger partial charge >= 0.3 is 0 Å². The molecule has 0 radical (unpaired) electrons. The summed E-state index contributed by atoms with van der Waals surface area (Å²) in [6.45, 7) is 4.01. The van der Waals surface area contributed by atoms with E-state index in [0.29, 0.717) is 15.8 Å². The van der Waals surface area contributed by atoms with Crippen LogP contribution in [0.1, 0.15) is 16.7 Å². The molecule has 0 amide bonds.